The van der Waals surface area contributed by atoms with E-state index in [1.165, 1.54) is 11.2 Å². The monoisotopic (exact) mass is 466 g/mol. The molecule has 0 atom stereocenters. The quantitative estimate of drug-likeness (QED) is 0.414. The number of furan rings is 1. The number of benzene rings is 2. The zero-order chi connectivity index (χ0) is 24.3. The zero-order valence-electron chi connectivity index (χ0n) is 19.7. The molecular weight excluding hydrogens is 436 g/mol. The average molecular weight is 467 g/mol. The Morgan fingerprint density at radius 1 is 0.882 bits per heavy atom. The Bertz CT molecular complexity index is 1040. The summed E-state index contributed by atoms with van der Waals surface area (Å²) in [4.78, 5) is 27.8. The van der Waals surface area contributed by atoms with Crippen molar-refractivity contribution >= 4 is 17.5 Å². The topological polar surface area (TPSA) is 90.2 Å². The molecule has 0 unspecified atom stereocenters. The van der Waals surface area contributed by atoms with Crippen LogP contribution in [0.1, 0.15) is 36.9 Å². The van der Waals surface area contributed by atoms with Crippen LogP contribution in [-0.2, 0) is 11.3 Å². The van der Waals surface area contributed by atoms with Crippen molar-refractivity contribution in [3.05, 3.63) is 72.2 Å². The van der Waals surface area contributed by atoms with Gasteiger partial charge in [-0.05, 0) is 57.2 Å². The lowest BCUT2D eigenvalue weighted by Crippen LogP contribution is -2.37. The van der Waals surface area contributed by atoms with Crippen molar-refractivity contribution in [3.8, 4) is 17.2 Å². The molecule has 2 aromatic carbocycles. The number of ether oxygens (including phenoxy) is 3. The van der Waals surface area contributed by atoms with Gasteiger partial charge in [-0.25, -0.2) is 0 Å². The van der Waals surface area contributed by atoms with Gasteiger partial charge in [-0.1, -0.05) is 18.2 Å². The Kier molecular flexibility index (Phi) is 8.96. The number of hydrogen-bond donors (Lipinski definition) is 1. The number of rotatable bonds is 12. The van der Waals surface area contributed by atoms with Gasteiger partial charge in [0.05, 0.1) is 32.6 Å². The van der Waals surface area contributed by atoms with Crippen LogP contribution in [0, 0.1) is 0 Å². The van der Waals surface area contributed by atoms with Gasteiger partial charge in [0.15, 0.2) is 11.5 Å². The number of carbonyl (C=O) groups is 2. The third kappa shape index (κ3) is 6.54. The SMILES string of the molecule is CCOc1cc(C(=O)N(CC(=O)Nc2ccccc2)Cc2ccco2)cc(OCC)c1OCC. The van der Waals surface area contributed by atoms with Gasteiger partial charge in [-0.2, -0.15) is 0 Å². The Morgan fingerprint density at radius 2 is 1.53 bits per heavy atom. The average Bonchev–Trinajstić information content (AvgIpc) is 3.34. The Labute approximate surface area is 199 Å². The van der Waals surface area contributed by atoms with Crippen molar-refractivity contribution < 1.29 is 28.2 Å². The van der Waals surface area contributed by atoms with E-state index in [0.29, 0.717) is 54.1 Å². The maximum absolute atomic E-state index is 13.6. The number of para-hydroxylation sites is 1. The van der Waals surface area contributed by atoms with Crippen LogP contribution in [0.4, 0.5) is 5.69 Å². The fraction of sp³-hybridized carbons (Fsp3) is 0.308. The number of anilines is 1. The minimum Gasteiger partial charge on any atom is -0.490 e. The molecule has 34 heavy (non-hydrogen) atoms. The third-order valence-corrected chi connectivity index (χ3v) is 4.76. The standard InChI is InChI=1S/C26H30N2O6/c1-4-31-22-15-19(16-23(32-5-2)25(22)33-6-3)26(30)28(17-21-13-10-14-34-21)18-24(29)27-20-11-8-7-9-12-20/h7-16H,4-6,17-18H2,1-3H3,(H,27,29). The van der Waals surface area contributed by atoms with Crippen LogP contribution in [0.25, 0.3) is 0 Å². The predicted molar refractivity (Wildman–Crippen MR) is 128 cm³/mol. The van der Waals surface area contributed by atoms with E-state index in [2.05, 4.69) is 5.32 Å². The van der Waals surface area contributed by atoms with Crippen LogP contribution in [0.2, 0.25) is 0 Å². The van der Waals surface area contributed by atoms with Crippen molar-refractivity contribution in [3.63, 3.8) is 0 Å². The van der Waals surface area contributed by atoms with E-state index < -0.39 is 0 Å². The van der Waals surface area contributed by atoms with Gasteiger partial charge in [0.25, 0.3) is 5.91 Å². The molecule has 8 heteroatoms. The second-order valence-corrected chi connectivity index (χ2v) is 7.26. The molecule has 0 bridgehead atoms. The molecule has 0 aliphatic carbocycles. The number of nitrogens with zero attached hydrogens (tertiary/aromatic N) is 1. The molecule has 0 saturated heterocycles. The Hall–Kier alpha value is -3.94. The summed E-state index contributed by atoms with van der Waals surface area (Å²) in [6.07, 6.45) is 1.53. The van der Waals surface area contributed by atoms with E-state index in [0.717, 1.165) is 0 Å². The van der Waals surface area contributed by atoms with Crippen molar-refractivity contribution in [2.45, 2.75) is 27.3 Å². The lowest BCUT2D eigenvalue weighted by molar-refractivity contribution is -0.117. The highest BCUT2D eigenvalue weighted by atomic mass is 16.5. The van der Waals surface area contributed by atoms with Crippen LogP contribution in [0.5, 0.6) is 17.2 Å². The van der Waals surface area contributed by atoms with Crippen LogP contribution < -0.4 is 19.5 Å². The van der Waals surface area contributed by atoms with Crippen molar-refractivity contribution in [2.75, 3.05) is 31.7 Å². The fourth-order valence-corrected chi connectivity index (χ4v) is 3.38. The summed E-state index contributed by atoms with van der Waals surface area (Å²) in [6.45, 7) is 6.70. The van der Waals surface area contributed by atoms with E-state index in [-0.39, 0.29) is 24.9 Å². The van der Waals surface area contributed by atoms with Gasteiger partial charge in [0.2, 0.25) is 11.7 Å². The highest BCUT2D eigenvalue weighted by Gasteiger charge is 2.24. The maximum Gasteiger partial charge on any atom is 0.255 e. The molecule has 1 heterocycles. The highest BCUT2D eigenvalue weighted by molar-refractivity contribution is 6.00. The minimum atomic E-state index is -0.371. The van der Waals surface area contributed by atoms with Gasteiger partial charge >= 0.3 is 0 Å². The lowest BCUT2D eigenvalue weighted by Gasteiger charge is -2.23. The Morgan fingerprint density at radius 3 is 2.09 bits per heavy atom. The normalized spacial score (nSPS) is 10.4. The molecule has 0 spiro atoms. The molecule has 3 aromatic rings. The van der Waals surface area contributed by atoms with E-state index in [4.69, 9.17) is 18.6 Å². The van der Waals surface area contributed by atoms with Gasteiger partial charge in [-0.3, -0.25) is 9.59 Å². The van der Waals surface area contributed by atoms with Crippen LogP contribution >= 0.6 is 0 Å². The predicted octanol–water partition coefficient (Wildman–Crippen LogP) is 4.76. The summed E-state index contributed by atoms with van der Waals surface area (Å²) in [5.41, 5.74) is 0.964. The summed E-state index contributed by atoms with van der Waals surface area (Å²) >= 11 is 0. The smallest absolute Gasteiger partial charge is 0.255 e. The molecule has 1 N–H and O–H groups in total. The van der Waals surface area contributed by atoms with E-state index in [1.807, 2.05) is 39.0 Å². The zero-order valence-corrected chi connectivity index (χ0v) is 19.7. The summed E-state index contributed by atoms with van der Waals surface area (Å²) in [6, 6.07) is 15.8. The number of amides is 2. The molecule has 2 amide bonds. The van der Waals surface area contributed by atoms with Gasteiger partial charge in [0, 0.05) is 11.3 Å². The van der Waals surface area contributed by atoms with E-state index in [9.17, 15) is 9.59 Å². The first-order valence-corrected chi connectivity index (χ1v) is 11.3. The first-order chi connectivity index (χ1) is 16.5. The van der Waals surface area contributed by atoms with Crippen LogP contribution in [0.3, 0.4) is 0 Å². The summed E-state index contributed by atoms with van der Waals surface area (Å²) < 4.78 is 22.6. The number of nitrogens with one attached hydrogen (secondary N) is 1. The largest absolute Gasteiger partial charge is 0.490 e. The van der Waals surface area contributed by atoms with Crippen LogP contribution in [-0.4, -0.2) is 43.1 Å². The number of carbonyl (C=O) groups excluding carboxylic acids is 2. The molecule has 0 saturated carbocycles. The van der Waals surface area contributed by atoms with Crippen molar-refractivity contribution in [2.24, 2.45) is 0 Å². The maximum atomic E-state index is 13.6. The second-order valence-electron chi connectivity index (χ2n) is 7.26. The molecule has 0 fully saturated rings. The lowest BCUT2D eigenvalue weighted by atomic mass is 10.1. The molecule has 0 aliphatic heterocycles. The van der Waals surface area contributed by atoms with E-state index >= 15 is 0 Å². The van der Waals surface area contributed by atoms with Gasteiger partial charge < -0.3 is 28.8 Å². The molecule has 180 valence electrons. The molecular formula is C26H30N2O6. The summed E-state index contributed by atoms with van der Waals surface area (Å²) in [5, 5.41) is 2.81. The molecule has 0 radical (unpaired) electrons. The molecule has 0 aliphatic rings. The molecule has 3 rings (SSSR count). The van der Waals surface area contributed by atoms with Crippen molar-refractivity contribution in [1.82, 2.24) is 4.90 Å². The Balaban J connectivity index is 1.91. The van der Waals surface area contributed by atoms with Gasteiger partial charge in [-0.15, -0.1) is 0 Å². The van der Waals surface area contributed by atoms with Crippen molar-refractivity contribution in [1.29, 1.82) is 0 Å². The molecule has 8 nitrogen and oxygen atoms in total. The summed E-state index contributed by atoms with van der Waals surface area (Å²) in [5.74, 6) is 1.12. The van der Waals surface area contributed by atoms with Crippen LogP contribution in [0.15, 0.2) is 65.3 Å². The number of hydrogen-bond acceptors (Lipinski definition) is 6. The second kappa shape index (κ2) is 12.3. The third-order valence-electron chi connectivity index (χ3n) is 4.76. The molecule has 1 aromatic heterocycles. The first kappa shape index (κ1) is 24.7. The van der Waals surface area contributed by atoms with E-state index in [1.54, 1.807) is 36.4 Å². The highest BCUT2D eigenvalue weighted by Crippen LogP contribution is 2.39. The first-order valence-electron chi connectivity index (χ1n) is 11.3. The summed E-state index contributed by atoms with van der Waals surface area (Å²) in [7, 11) is 0. The van der Waals surface area contributed by atoms with Gasteiger partial charge in [0.1, 0.15) is 12.3 Å². The minimum absolute atomic E-state index is 0.120. The fourth-order valence-electron chi connectivity index (χ4n) is 3.38.